The minimum absolute atomic E-state index is 0.201. The quantitative estimate of drug-likeness (QED) is 0.872. The molecule has 7 heteroatoms. The van der Waals surface area contributed by atoms with E-state index in [1.54, 1.807) is 12.3 Å². The molecule has 4 rings (SSSR count). The summed E-state index contributed by atoms with van der Waals surface area (Å²) in [5.41, 5.74) is 0.934. The van der Waals surface area contributed by atoms with Crippen LogP contribution in [0.15, 0.2) is 42.6 Å². The van der Waals surface area contributed by atoms with Crippen LogP contribution in [0.4, 0.5) is 5.82 Å². The second kappa shape index (κ2) is 8.06. The van der Waals surface area contributed by atoms with Crippen LogP contribution in [0, 0.1) is 0 Å². The first-order valence-corrected chi connectivity index (χ1v) is 9.61. The number of fused-ring (bicyclic) bond motifs is 1. The van der Waals surface area contributed by atoms with Crippen molar-refractivity contribution in [1.29, 1.82) is 0 Å². The minimum atomic E-state index is -0.683. The van der Waals surface area contributed by atoms with E-state index in [2.05, 4.69) is 22.1 Å². The van der Waals surface area contributed by atoms with Crippen molar-refractivity contribution in [1.82, 2.24) is 10.3 Å². The molecule has 1 aromatic heterocycles. The summed E-state index contributed by atoms with van der Waals surface area (Å²) in [6.07, 6.45) is 0.960. The standard InChI is InChI=1S/C21H25N3O4/c1-14-13-24(9-10-26-14)19-8-7-16(11-22-19)12-23-21(25)20-15(2)27-17-5-3-4-6-18(17)28-20/h3-8,11,14-15,20H,9-10,12-13H2,1-2H3,(H,23,25). The molecule has 1 aromatic carbocycles. The second-order valence-corrected chi connectivity index (χ2v) is 7.18. The first kappa shape index (κ1) is 18.6. The number of ether oxygens (including phenoxy) is 3. The van der Waals surface area contributed by atoms with Crippen molar-refractivity contribution in [2.75, 3.05) is 24.6 Å². The molecule has 0 bridgehead atoms. The molecule has 1 amide bonds. The van der Waals surface area contributed by atoms with E-state index in [1.807, 2.05) is 37.3 Å². The van der Waals surface area contributed by atoms with E-state index in [0.29, 0.717) is 24.7 Å². The Bertz CT molecular complexity index is 827. The van der Waals surface area contributed by atoms with Crippen molar-refractivity contribution in [2.45, 2.75) is 38.7 Å². The van der Waals surface area contributed by atoms with Crippen molar-refractivity contribution in [3.63, 3.8) is 0 Å². The van der Waals surface area contributed by atoms with Crippen molar-refractivity contribution < 1.29 is 19.0 Å². The van der Waals surface area contributed by atoms with E-state index in [1.165, 1.54) is 0 Å². The number of para-hydroxylation sites is 2. The van der Waals surface area contributed by atoms with Gasteiger partial charge in [0.1, 0.15) is 11.9 Å². The second-order valence-electron chi connectivity index (χ2n) is 7.18. The number of morpholine rings is 1. The lowest BCUT2D eigenvalue weighted by atomic mass is 10.1. The molecule has 2 aliphatic rings. The number of rotatable bonds is 4. The van der Waals surface area contributed by atoms with Crippen LogP contribution in [-0.2, 0) is 16.1 Å². The molecule has 0 spiro atoms. The van der Waals surface area contributed by atoms with E-state index < -0.39 is 6.10 Å². The smallest absolute Gasteiger partial charge is 0.265 e. The number of hydrogen-bond donors (Lipinski definition) is 1. The van der Waals surface area contributed by atoms with E-state index in [9.17, 15) is 4.79 Å². The van der Waals surface area contributed by atoms with Gasteiger partial charge >= 0.3 is 0 Å². The molecule has 0 aliphatic carbocycles. The van der Waals surface area contributed by atoms with Gasteiger partial charge in [-0.25, -0.2) is 4.98 Å². The van der Waals surface area contributed by atoms with Gasteiger partial charge in [0.2, 0.25) is 6.10 Å². The number of anilines is 1. The van der Waals surface area contributed by atoms with Crippen molar-refractivity contribution in [2.24, 2.45) is 0 Å². The van der Waals surface area contributed by atoms with E-state index in [4.69, 9.17) is 14.2 Å². The van der Waals surface area contributed by atoms with Gasteiger partial charge < -0.3 is 24.4 Å². The topological polar surface area (TPSA) is 72.9 Å². The van der Waals surface area contributed by atoms with Crippen molar-refractivity contribution in [3.8, 4) is 11.5 Å². The SMILES string of the molecule is CC1CN(c2ccc(CNC(=O)C3Oc4ccccc4OC3C)cn2)CCO1. The Labute approximate surface area is 164 Å². The van der Waals surface area contributed by atoms with E-state index in [-0.39, 0.29) is 18.1 Å². The zero-order valence-electron chi connectivity index (χ0n) is 16.1. The fourth-order valence-corrected chi connectivity index (χ4v) is 3.43. The molecule has 2 aliphatic heterocycles. The maximum Gasteiger partial charge on any atom is 0.265 e. The third kappa shape index (κ3) is 4.04. The third-order valence-electron chi connectivity index (χ3n) is 4.94. The normalized spacial score (nSPS) is 23.9. The maximum atomic E-state index is 12.6. The first-order chi connectivity index (χ1) is 13.6. The molecule has 2 aromatic rings. The van der Waals surface area contributed by atoms with Crippen LogP contribution in [0.25, 0.3) is 0 Å². The molecule has 148 valence electrons. The lowest BCUT2D eigenvalue weighted by Gasteiger charge is -2.32. The Kier molecular flexibility index (Phi) is 5.34. The molecule has 1 fully saturated rings. The molecule has 3 heterocycles. The molecular formula is C21H25N3O4. The number of carbonyl (C=O) groups is 1. The van der Waals surface area contributed by atoms with Gasteiger partial charge in [0.25, 0.3) is 5.91 Å². The molecule has 0 saturated carbocycles. The van der Waals surface area contributed by atoms with Crippen LogP contribution >= 0.6 is 0 Å². The highest BCUT2D eigenvalue weighted by molar-refractivity contribution is 5.82. The molecule has 1 N–H and O–H groups in total. The number of amides is 1. The average Bonchev–Trinajstić information content (AvgIpc) is 2.72. The number of nitrogens with zero attached hydrogens (tertiary/aromatic N) is 2. The van der Waals surface area contributed by atoms with Crippen LogP contribution in [0.2, 0.25) is 0 Å². The molecule has 3 atom stereocenters. The molecule has 0 radical (unpaired) electrons. The summed E-state index contributed by atoms with van der Waals surface area (Å²) >= 11 is 0. The Morgan fingerprint density at radius 2 is 1.96 bits per heavy atom. The largest absolute Gasteiger partial charge is 0.482 e. The van der Waals surface area contributed by atoms with Crippen molar-refractivity contribution in [3.05, 3.63) is 48.2 Å². The highest BCUT2D eigenvalue weighted by atomic mass is 16.6. The zero-order valence-corrected chi connectivity index (χ0v) is 16.1. The summed E-state index contributed by atoms with van der Waals surface area (Å²) in [5, 5.41) is 2.92. The average molecular weight is 383 g/mol. The number of carbonyl (C=O) groups excluding carboxylic acids is 1. The highest BCUT2D eigenvalue weighted by Crippen LogP contribution is 2.33. The van der Waals surface area contributed by atoms with E-state index >= 15 is 0 Å². The Balaban J connectivity index is 1.33. The van der Waals surface area contributed by atoms with Gasteiger partial charge in [-0.1, -0.05) is 18.2 Å². The van der Waals surface area contributed by atoms with Crippen LogP contribution < -0.4 is 19.7 Å². The van der Waals surface area contributed by atoms with Gasteiger partial charge in [0, 0.05) is 25.8 Å². The van der Waals surface area contributed by atoms with E-state index in [0.717, 1.165) is 24.5 Å². The lowest BCUT2D eigenvalue weighted by Crippen LogP contribution is -2.48. The summed E-state index contributed by atoms with van der Waals surface area (Å²) in [7, 11) is 0. The monoisotopic (exact) mass is 383 g/mol. The fraction of sp³-hybridized carbons (Fsp3) is 0.429. The van der Waals surface area contributed by atoms with Gasteiger partial charge in [-0.2, -0.15) is 0 Å². The molecule has 7 nitrogen and oxygen atoms in total. The van der Waals surface area contributed by atoms with Crippen LogP contribution in [0.5, 0.6) is 11.5 Å². The lowest BCUT2D eigenvalue weighted by molar-refractivity contribution is -0.133. The van der Waals surface area contributed by atoms with Crippen LogP contribution in [0.3, 0.4) is 0 Å². The predicted molar refractivity (Wildman–Crippen MR) is 105 cm³/mol. The summed E-state index contributed by atoms with van der Waals surface area (Å²) in [5.74, 6) is 1.98. The number of benzene rings is 1. The Morgan fingerprint density at radius 1 is 1.18 bits per heavy atom. The number of aromatic nitrogens is 1. The molecule has 1 saturated heterocycles. The summed E-state index contributed by atoms with van der Waals surface area (Å²) in [6, 6.07) is 11.3. The summed E-state index contributed by atoms with van der Waals surface area (Å²) < 4.78 is 17.2. The maximum absolute atomic E-state index is 12.6. The number of pyridine rings is 1. The van der Waals surface area contributed by atoms with Crippen LogP contribution in [-0.4, -0.2) is 48.9 Å². The summed E-state index contributed by atoms with van der Waals surface area (Å²) in [4.78, 5) is 19.3. The first-order valence-electron chi connectivity index (χ1n) is 9.61. The number of hydrogen-bond acceptors (Lipinski definition) is 6. The third-order valence-corrected chi connectivity index (χ3v) is 4.94. The highest BCUT2D eigenvalue weighted by Gasteiger charge is 2.33. The minimum Gasteiger partial charge on any atom is -0.482 e. The van der Waals surface area contributed by atoms with Gasteiger partial charge in [-0.15, -0.1) is 0 Å². The molecule has 3 unspecified atom stereocenters. The Hall–Kier alpha value is -2.80. The van der Waals surface area contributed by atoms with Crippen molar-refractivity contribution >= 4 is 11.7 Å². The Morgan fingerprint density at radius 3 is 2.68 bits per heavy atom. The predicted octanol–water partition coefficient (Wildman–Crippen LogP) is 2.15. The van der Waals surface area contributed by atoms with Crippen LogP contribution in [0.1, 0.15) is 19.4 Å². The number of nitrogens with one attached hydrogen (secondary N) is 1. The molecular weight excluding hydrogens is 358 g/mol. The summed E-state index contributed by atoms with van der Waals surface area (Å²) in [6.45, 7) is 6.67. The van der Waals surface area contributed by atoms with Gasteiger partial charge in [0.15, 0.2) is 11.5 Å². The zero-order chi connectivity index (χ0) is 19.5. The van der Waals surface area contributed by atoms with Gasteiger partial charge in [0.05, 0.1) is 12.7 Å². The fourth-order valence-electron chi connectivity index (χ4n) is 3.43. The van der Waals surface area contributed by atoms with Gasteiger partial charge in [-0.05, 0) is 37.6 Å². The molecule has 28 heavy (non-hydrogen) atoms. The van der Waals surface area contributed by atoms with Gasteiger partial charge in [-0.3, -0.25) is 4.79 Å².